The third-order valence-corrected chi connectivity index (χ3v) is 5.97. The number of amides is 2. The van der Waals surface area contributed by atoms with Crippen LogP contribution in [0.5, 0.6) is 0 Å². The average molecular weight is 443 g/mol. The zero-order valence-electron chi connectivity index (χ0n) is 19.9. The van der Waals surface area contributed by atoms with E-state index in [0.29, 0.717) is 32.4 Å². The van der Waals surface area contributed by atoms with Gasteiger partial charge in [0.15, 0.2) is 0 Å². The summed E-state index contributed by atoms with van der Waals surface area (Å²) >= 11 is 0. The van der Waals surface area contributed by atoms with Gasteiger partial charge in [0.2, 0.25) is 11.8 Å². The van der Waals surface area contributed by atoms with Crippen molar-refractivity contribution in [2.24, 2.45) is 0 Å². The Morgan fingerprint density at radius 3 is 2.18 bits per heavy atom. The van der Waals surface area contributed by atoms with Gasteiger partial charge in [-0.1, -0.05) is 84.4 Å². The zero-order valence-corrected chi connectivity index (χ0v) is 19.9. The summed E-state index contributed by atoms with van der Waals surface area (Å²) in [5, 5.41) is 2.95. The molecule has 3 aromatic rings. The molecular weight excluding hydrogens is 408 g/mol. The molecule has 0 radical (unpaired) electrons. The Morgan fingerprint density at radius 2 is 1.52 bits per heavy atom. The van der Waals surface area contributed by atoms with Gasteiger partial charge in [-0.2, -0.15) is 0 Å². The van der Waals surface area contributed by atoms with Gasteiger partial charge in [-0.15, -0.1) is 0 Å². The Labute approximate surface area is 197 Å². The summed E-state index contributed by atoms with van der Waals surface area (Å²) in [4.78, 5) is 28.5. The van der Waals surface area contributed by atoms with Crippen molar-refractivity contribution in [3.8, 4) is 0 Å². The van der Waals surface area contributed by atoms with Crippen molar-refractivity contribution in [2.75, 3.05) is 6.54 Å². The first kappa shape index (κ1) is 24.2. The summed E-state index contributed by atoms with van der Waals surface area (Å²) in [5.41, 5.74) is 5.54. The molecule has 1 atom stereocenters. The van der Waals surface area contributed by atoms with Crippen molar-refractivity contribution in [3.63, 3.8) is 0 Å². The molecule has 0 saturated carbocycles. The predicted molar refractivity (Wildman–Crippen MR) is 134 cm³/mol. The van der Waals surface area contributed by atoms with Crippen LogP contribution in [-0.4, -0.2) is 29.3 Å². The lowest BCUT2D eigenvalue weighted by molar-refractivity contribution is -0.141. The van der Waals surface area contributed by atoms with Crippen molar-refractivity contribution in [1.82, 2.24) is 10.2 Å². The summed E-state index contributed by atoms with van der Waals surface area (Å²) < 4.78 is 0. The van der Waals surface area contributed by atoms with Crippen LogP contribution in [0, 0.1) is 13.8 Å². The molecule has 4 nitrogen and oxygen atoms in total. The molecule has 0 spiro atoms. The minimum atomic E-state index is -0.572. The fraction of sp³-hybridized carbons (Fsp3) is 0.310. The number of hydrogen-bond donors (Lipinski definition) is 1. The molecule has 1 N–H and O–H groups in total. The van der Waals surface area contributed by atoms with E-state index < -0.39 is 6.04 Å². The predicted octanol–water partition coefficient (Wildman–Crippen LogP) is 5.01. The number of hydrogen-bond acceptors (Lipinski definition) is 2. The average Bonchev–Trinajstić information content (AvgIpc) is 2.82. The molecule has 3 rings (SSSR count). The van der Waals surface area contributed by atoms with Gasteiger partial charge in [0, 0.05) is 25.9 Å². The Balaban J connectivity index is 1.89. The molecule has 0 heterocycles. The van der Waals surface area contributed by atoms with E-state index >= 15 is 0 Å². The van der Waals surface area contributed by atoms with Crippen LogP contribution >= 0.6 is 0 Å². The molecule has 0 aromatic heterocycles. The van der Waals surface area contributed by atoms with Crippen molar-refractivity contribution < 1.29 is 9.59 Å². The van der Waals surface area contributed by atoms with Crippen molar-refractivity contribution in [1.29, 1.82) is 0 Å². The van der Waals surface area contributed by atoms with Gasteiger partial charge < -0.3 is 10.2 Å². The molecule has 4 heteroatoms. The van der Waals surface area contributed by atoms with Gasteiger partial charge in [-0.3, -0.25) is 9.59 Å². The van der Waals surface area contributed by atoms with E-state index in [9.17, 15) is 9.59 Å². The van der Waals surface area contributed by atoms with E-state index in [4.69, 9.17) is 0 Å². The van der Waals surface area contributed by atoms with Crippen LogP contribution in [0.2, 0.25) is 0 Å². The van der Waals surface area contributed by atoms with Crippen LogP contribution < -0.4 is 5.32 Å². The lowest BCUT2D eigenvalue weighted by Crippen LogP contribution is -2.50. The van der Waals surface area contributed by atoms with Gasteiger partial charge >= 0.3 is 0 Å². The van der Waals surface area contributed by atoms with Crippen molar-refractivity contribution in [2.45, 2.75) is 52.6 Å². The second kappa shape index (κ2) is 12.0. The van der Waals surface area contributed by atoms with Crippen molar-refractivity contribution >= 4 is 11.8 Å². The molecule has 0 aliphatic carbocycles. The highest BCUT2D eigenvalue weighted by atomic mass is 16.2. The fourth-order valence-electron chi connectivity index (χ4n) is 3.97. The van der Waals surface area contributed by atoms with Gasteiger partial charge in [0.1, 0.15) is 6.04 Å². The van der Waals surface area contributed by atoms with Gasteiger partial charge in [0.05, 0.1) is 0 Å². The second-order valence-electron chi connectivity index (χ2n) is 8.53. The number of likely N-dealkylation sites (N-methyl/N-ethyl adjacent to an activating group) is 1. The maximum absolute atomic E-state index is 13.6. The van der Waals surface area contributed by atoms with E-state index in [2.05, 4.69) is 36.5 Å². The van der Waals surface area contributed by atoms with Crippen LogP contribution in [0.1, 0.15) is 41.2 Å². The normalized spacial score (nSPS) is 11.6. The van der Waals surface area contributed by atoms with Crippen LogP contribution in [0.3, 0.4) is 0 Å². The first-order valence-corrected chi connectivity index (χ1v) is 11.7. The quantitative estimate of drug-likeness (QED) is 0.480. The fourth-order valence-corrected chi connectivity index (χ4v) is 3.97. The summed E-state index contributed by atoms with van der Waals surface area (Å²) in [6.07, 6.45) is 1.49. The second-order valence-corrected chi connectivity index (χ2v) is 8.53. The number of benzene rings is 3. The lowest BCUT2D eigenvalue weighted by atomic mass is 10.0. The Bertz CT molecular complexity index is 1040. The minimum absolute atomic E-state index is 0.00832. The Hall–Kier alpha value is -3.40. The van der Waals surface area contributed by atoms with Crippen LogP contribution in [0.25, 0.3) is 0 Å². The molecule has 2 amide bonds. The first-order valence-electron chi connectivity index (χ1n) is 11.7. The highest BCUT2D eigenvalue weighted by Crippen LogP contribution is 2.19. The van der Waals surface area contributed by atoms with E-state index in [1.807, 2.05) is 68.4 Å². The third kappa shape index (κ3) is 7.04. The molecule has 33 heavy (non-hydrogen) atoms. The molecule has 0 aliphatic heterocycles. The standard InChI is InChI=1S/C29H34N2O2/c1-4-30-29(33)27(20-25-11-6-5-7-12-25)31(21-26-13-9-8-10-23(26)3)28(32)19-18-24-16-14-22(2)15-17-24/h5-17,27H,4,18-21H2,1-3H3,(H,30,33)/t27-/m0/s1. The van der Waals surface area contributed by atoms with E-state index in [-0.39, 0.29) is 11.8 Å². The zero-order chi connectivity index (χ0) is 23.6. The largest absolute Gasteiger partial charge is 0.355 e. The molecule has 172 valence electrons. The molecule has 3 aromatic carbocycles. The maximum Gasteiger partial charge on any atom is 0.243 e. The number of aryl methyl sites for hydroxylation is 3. The van der Waals surface area contributed by atoms with E-state index in [1.54, 1.807) is 4.90 Å². The third-order valence-electron chi connectivity index (χ3n) is 5.97. The number of rotatable bonds is 10. The molecule has 0 unspecified atom stereocenters. The molecule has 0 bridgehead atoms. The van der Waals surface area contributed by atoms with Crippen LogP contribution in [0.15, 0.2) is 78.9 Å². The van der Waals surface area contributed by atoms with E-state index in [1.165, 1.54) is 5.56 Å². The van der Waals surface area contributed by atoms with E-state index in [0.717, 1.165) is 22.3 Å². The highest BCUT2D eigenvalue weighted by molar-refractivity contribution is 5.88. The summed E-state index contributed by atoms with van der Waals surface area (Å²) in [7, 11) is 0. The smallest absolute Gasteiger partial charge is 0.243 e. The van der Waals surface area contributed by atoms with Gasteiger partial charge in [-0.25, -0.2) is 0 Å². The summed E-state index contributed by atoms with van der Waals surface area (Å²) in [6, 6.07) is 25.7. The number of carbonyl (C=O) groups excluding carboxylic acids is 2. The molecular formula is C29H34N2O2. The van der Waals surface area contributed by atoms with Crippen LogP contribution in [-0.2, 0) is 29.0 Å². The number of carbonyl (C=O) groups is 2. The number of nitrogens with one attached hydrogen (secondary N) is 1. The molecule has 0 fully saturated rings. The number of nitrogens with zero attached hydrogens (tertiary/aromatic N) is 1. The topological polar surface area (TPSA) is 49.4 Å². The molecule has 0 aliphatic rings. The summed E-state index contributed by atoms with van der Waals surface area (Å²) in [5.74, 6) is -0.121. The Morgan fingerprint density at radius 1 is 0.848 bits per heavy atom. The SMILES string of the molecule is CCNC(=O)[C@H](Cc1ccccc1)N(Cc1ccccc1C)C(=O)CCc1ccc(C)cc1. The van der Waals surface area contributed by atoms with Crippen LogP contribution in [0.4, 0.5) is 0 Å². The monoisotopic (exact) mass is 442 g/mol. The lowest BCUT2D eigenvalue weighted by Gasteiger charge is -2.32. The first-order chi connectivity index (χ1) is 16.0. The summed E-state index contributed by atoms with van der Waals surface area (Å²) in [6.45, 7) is 6.94. The van der Waals surface area contributed by atoms with Crippen molar-refractivity contribution in [3.05, 3.63) is 107 Å². The minimum Gasteiger partial charge on any atom is -0.355 e. The van der Waals surface area contributed by atoms with Gasteiger partial charge in [0.25, 0.3) is 0 Å². The highest BCUT2D eigenvalue weighted by Gasteiger charge is 2.30. The maximum atomic E-state index is 13.6. The Kier molecular flexibility index (Phi) is 8.82. The van der Waals surface area contributed by atoms with Gasteiger partial charge in [-0.05, 0) is 49.4 Å². The molecule has 0 saturated heterocycles.